The van der Waals surface area contributed by atoms with Gasteiger partial charge in [-0.3, -0.25) is 4.79 Å². The number of benzene rings is 2. The van der Waals surface area contributed by atoms with Crippen molar-refractivity contribution < 1.29 is 18.7 Å². The van der Waals surface area contributed by atoms with Crippen molar-refractivity contribution in [2.75, 3.05) is 7.11 Å². The van der Waals surface area contributed by atoms with Gasteiger partial charge >= 0.3 is 0 Å². The van der Waals surface area contributed by atoms with Crippen molar-refractivity contribution >= 4 is 21.7 Å². The van der Waals surface area contributed by atoms with Crippen molar-refractivity contribution in [3.8, 4) is 11.5 Å². The molecule has 0 N–H and O–H groups in total. The summed E-state index contributed by atoms with van der Waals surface area (Å²) in [6.45, 7) is 0. The topological polar surface area (TPSA) is 35.5 Å². The molecule has 108 valence electrons. The van der Waals surface area contributed by atoms with Gasteiger partial charge in [-0.05, 0) is 24.3 Å². The van der Waals surface area contributed by atoms with Gasteiger partial charge in [0.05, 0.1) is 19.1 Å². The molecule has 1 heterocycles. The van der Waals surface area contributed by atoms with Crippen LogP contribution in [-0.4, -0.2) is 12.9 Å². The first-order valence-corrected chi connectivity index (χ1v) is 7.20. The smallest absolute Gasteiger partial charge is 0.170 e. The third kappa shape index (κ3) is 2.65. The summed E-state index contributed by atoms with van der Waals surface area (Å²) in [5.41, 5.74) is 0.879. The van der Waals surface area contributed by atoms with Crippen LogP contribution in [0.2, 0.25) is 0 Å². The van der Waals surface area contributed by atoms with Gasteiger partial charge in [-0.15, -0.1) is 0 Å². The molecule has 0 bridgehead atoms. The lowest BCUT2D eigenvalue weighted by Gasteiger charge is -2.26. The molecule has 1 unspecified atom stereocenters. The molecule has 0 saturated carbocycles. The van der Waals surface area contributed by atoms with Crippen molar-refractivity contribution in [2.45, 2.75) is 12.5 Å². The number of ketones is 1. The molecule has 0 saturated heterocycles. The minimum Gasteiger partial charge on any atom is -0.497 e. The molecule has 3 rings (SSSR count). The second-order valence-electron chi connectivity index (χ2n) is 4.76. The van der Waals surface area contributed by atoms with Crippen LogP contribution in [-0.2, 0) is 0 Å². The Bertz CT molecular complexity index is 715. The Balaban J connectivity index is 1.99. The molecule has 0 fully saturated rings. The van der Waals surface area contributed by atoms with E-state index in [4.69, 9.17) is 9.47 Å². The maximum atomic E-state index is 14.0. The summed E-state index contributed by atoms with van der Waals surface area (Å²) in [5, 5.41) is 0. The molecule has 0 spiro atoms. The van der Waals surface area contributed by atoms with E-state index in [2.05, 4.69) is 15.9 Å². The van der Waals surface area contributed by atoms with Crippen LogP contribution in [0.1, 0.15) is 28.4 Å². The number of methoxy groups -OCH3 is 1. The Morgan fingerprint density at radius 3 is 2.81 bits per heavy atom. The number of rotatable bonds is 2. The summed E-state index contributed by atoms with van der Waals surface area (Å²) in [6.07, 6.45) is -0.497. The minimum absolute atomic E-state index is 0.0637. The molecule has 0 radical (unpaired) electrons. The molecule has 21 heavy (non-hydrogen) atoms. The van der Waals surface area contributed by atoms with E-state index in [0.717, 1.165) is 0 Å². The van der Waals surface area contributed by atoms with Gasteiger partial charge < -0.3 is 9.47 Å². The van der Waals surface area contributed by atoms with Crippen LogP contribution in [0.15, 0.2) is 40.9 Å². The second-order valence-corrected chi connectivity index (χ2v) is 5.68. The van der Waals surface area contributed by atoms with Crippen LogP contribution in [0, 0.1) is 5.82 Å². The van der Waals surface area contributed by atoms with Crippen molar-refractivity contribution in [2.24, 2.45) is 0 Å². The maximum Gasteiger partial charge on any atom is 0.170 e. The highest BCUT2D eigenvalue weighted by Crippen LogP contribution is 2.38. The third-order valence-electron chi connectivity index (χ3n) is 3.44. The summed E-state index contributed by atoms with van der Waals surface area (Å²) in [6, 6.07) is 9.75. The van der Waals surface area contributed by atoms with Crippen molar-refractivity contribution in [1.82, 2.24) is 0 Å². The van der Waals surface area contributed by atoms with E-state index in [9.17, 15) is 9.18 Å². The molecule has 2 aromatic carbocycles. The first-order valence-electron chi connectivity index (χ1n) is 6.41. The van der Waals surface area contributed by atoms with Gasteiger partial charge in [-0.2, -0.15) is 0 Å². The molecule has 1 atom stereocenters. The molecule has 1 aliphatic heterocycles. The number of carbonyl (C=O) groups excluding carboxylic acids is 1. The largest absolute Gasteiger partial charge is 0.497 e. The number of halogens is 2. The number of hydrogen-bond donors (Lipinski definition) is 0. The second kappa shape index (κ2) is 5.48. The van der Waals surface area contributed by atoms with Crippen LogP contribution >= 0.6 is 15.9 Å². The lowest BCUT2D eigenvalue weighted by molar-refractivity contribution is 0.0845. The standard InChI is InChI=1S/C16H12BrFO3/c1-20-10-3-5-12-14(19)8-16(21-15(12)7-10)11-4-2-9(17)6-13(11)18/h2-7,16H,8H2,1H3. The summed E-state index contributed by atoms with van der Waals surface area (Å²) in [4.78, 5) is 12.2. The Morgan fingerprint density at radius 2 is 2.10 bits per heavy atom. The van der Waals surface area contributed by atoms with Crippen LogP contribution in [0.3, 0.4) is 0 Å². The number of fused-ring (bicyclic) bond motifs is 1. The van der Waals surface area contributed by atoms with Gasteiger partial charge in [0, 0.05) is 16.1 Å². The van der Waals surface area contributed by atoms with E-state index in [1.165, 1.54) is 13.2 Å². The fourth-order valence-electron chi connectivity index (χ4n) is 2.37. The average molecular weight is 351 g/mol. The summed E-state index contributed by atoms with van der Waals surface area (Å²) < 4.78 is 25.6. The van der Waals surface area contributed by atoms with Crippen LogP contribution in [0.5, 0.6) is 11.5 Å². The minimum atomic E-state index is -0.620. The number of hydrogen-bond acceptors (Lipinski definition) is 3. The molecule has 3 nitrogen and oxygen atoms in total. The molecule has 0 amide bonds. The zero-order valence-corrected chi connectivity index (χ0v) is 12.8. The van der Waals surface area contributed by atoms with Crippen LogP contribution in [0.25, 0.3) is 0 Å². The van der Waals surface area contributed by atoms with E-state index in [-0.39, 0.29) is 12.2 Å². The SMILES string of the molecule is COc1ccc2c(c1)OC(c1ccc(Br)cc1F)CC2=O. The first kappa shape index (κ1) is 14.1. The number of ether oxygens (including phenoxy) is 2. The van der Waals surface area contributed by atoms with Crippen molar-refractivity contribution in [1.29, 1.82) is 0 Å². The summed E-state index contributed by atoms with van der Waals surface area (Å²) >= 11 is 3.21. The maximum absolute atomic E-state index is 14.0. The number of carbonyl (C=O) groups is 1. The lowest BCUT2D eigenvalue weighted by Crippen LogP contribution is -2.21. The van der Waals surface area contributed by atoms with Gasteiger partial charge in [-0.25, -0.2) is 4.39 Å². The van der Waals surface area contributed by atoms with Crippen molar-refractivity contribution in [3.63, 3.8) is 0 Å². The number of Topliss-reactive ketones (excluding diaryl/α,β-unsaturated/α-hetero) is 1. The van der Waals surface area contributed by atoms with E-state index >= 15 is 0 Å². The normalized spacial score (nSPS) is 17.1. The van der Waals surface area contributed by atoms with Crippen LogP contribution < -0.4 is 9.47 Å². The summed E-state index contributed by atoms with van der Waals surface area (Å²) in [7, 11) is 1.54. The fourth-order valence-corrected chi connectivity index (χ4v) is 2.70. The highest BCUT2D eigenvalue weighted by Gasteiger charge is 2.29. The van der Waals surface area contributed by atoms with Gasteiger partial charge in [0.2, 0.25) is 0 Å². The molecule has 5 heteroatoms. The molecule has 0 aliphatic carbocycles. The van der Waals surface area contributed by atoms with Crippen molar-refractivity contribution in [3.05, 3.63) is 57.8 Å². The zero-order chi connectivity index (χ0) is 15.0. The molecule has 1 aliphatic rings. The zero-order valence-electron chi connectivity index (χ0n) is 11.2. The Morgan fingerprint density at radius 1 is 1.29 bits per heavy atom. The van der Waals surface area contributed by atoms with E-state index < -0.39 is 11.9 Å². The fraction of sp³-hybridized carbons (Fsp3) is 0.188. The molecular formula is C16H12BrFO3. The molecular weight excluding hydrogens is 339 g/mol. The Hall–Kier alpha value is -1.88. The quantitative estimate of drug-likeness (QED) is 0.809. The predicted octanol–water partition coefficient (Wildman–Crippen LogP) is 4.30. The Labute approximate surface area is 129 Å². The summed E-state index contributed by atoms with van der Waals surface area (Å²) in [5.74, 6) is 0.566. The van der Waals surface area contributed by atoms with Gasteiger partial charge in [0.15, 0.2) is 5.78 Å². The van der Waals surface area contributed by atoms with E-state index in [1.807, 2.05) is 0 Å². The highest BCUT2D eigenvalue weighted by molar-refractivity contribution is 9.10. The average Bonchev–Trinajstić information content (AvgIpc) is 2.46. The molecule has 0 aromatic heterocycles. The third-order valence-corrected chi connectivity index (χ3v) is 3.93. The first-order chi connectivity index (χ1) is 10.1. The lowest BCUT2D eigenvalue weighted by atomic mass is 9.96. The van der Waals surface area contributed by atoms with Gasteiger partial charge in [0.1, 0.15) is 23.4 Å². The highest BCUT2D eigenvalue weighted by atomic mass is 79.9. The Kier molecular flexibility index (Phi) is 3.68. The van der Waals surface area contributed by atoms with E-state index in [0.29, 0.717) is 27.1 Å². The predicted molar refractivity (Wildman–Crippen MR) is 79.4 cm³/mol. The van der Waals surface area contributed by atoms with Gasteiger partial charge in [-0.1, -0.05) is 22.0 Å². The van der Waals surface area contributed by atoms with E-state index in [1.54, 1.807) is 30.3 Å². The monoisotopic (exact) mass is 350 g/mol. The van der Waals surface area contributed by atoms with Gasteiger partial charge in [0.25, 0.3) is 0 Å². The van der Waals surface area contributed by atoms with Crippen LogP contribution in [0.4, 0.5) is 4.39 Å². The molecule has 2 aromatic rings.